The number of benzene rings is 2. The van der Waals surface area contributed by atoms with E-state index in [1.54, 1.807) is 18.2 Å². The summed E-state index contributed by atoms with van der Waals surface area (Å²) in [7, 11) is -4.06. The minimum absolute atomic E-state index is 0.0556. The Balaban J connectivity index is 2.30. The molecule has 0 aliphatic carbocycles. The zero-order valence-electron chi connectivity index (χ0n) is 10.7. The average Bonchev–Trinajstić information content (AvgIpc) is 2.46. The second-order valence-corrected chi connectivity index (χ2v) is 5.91. The van der Waals surface area contributed by atoms with E-state index in [-0.39, 0.29) is 12.3 Å². The fourth-order valence-electron chi connectivity index (χ4n) is 1.75. The van der Waals surface area contributed by atoms with Crippen LogP contribution in [0.3, 0.4) is 0 Å². The van der Waals surface area contributed by atoms with Gasteiger partial charge in [0, 0.05) is 12.1 Å². The van der Waals surface area contributed by atoms with Gasteiger partial charge in [0.15, 0.2) is 0 Å². The number of rotatable bonds is 4. The van der Waals surface area contributed by atoms with Crippen molar-refractivity contribution in [2.75, 3.05) is 0 Å². The van der Waals surface area contributed by atoms with Crippen molar-refractivity contribution in [2.24, 2.45) is 0 Å². The Labute approximate surface area is 121 Å². The number of nitrogens with zero attached hydrogens (tertiary/aromatic N) is 1. The van der Waals surface area contributed by atoms with Gasteiger partial charge in [-0.1, -0.05) is 24.3 Å². The van der Waals surface area contributed by atoms with E-state index in [4.69, 9.17) is 5.26 Å². The lowest BCUT2D eigenvalue weighted by molar-refractivity contribution is 0.467. The van der Waals surface area contributed by atoms with Crippen molar-refractivity contribution in [1.29, 1.82) is 5.26 Å². The highest BCUT2D eigenvalue weighted by molar-refractivity contribution is 7.89. The lowest BCUT2D eigenvalue weighted by Gasteiger charge is -2.09. The van der Waals surface area contributed by atoms with E-state index in [2.05, 4.69) is 4.72 Å². The molecular weight excluding hydrogens is 295 g/mol. The quantitative estimate of drug-likeness (QED) is 0.902. The van der Waals surface area contributed by atoms with Gasteiger partial charge in [-0.15, -0.1) is 0 Å². The fraction of sp³-hybridized carbons (Fsp3) is 0.0714. The minimum atomic E-state index is -4.06. The summed E-state index contributed by atoms with van der Waals surface area (Å²) in [5, 5.41) is 18.4. The predicted octanol–water partition coefficient (Wildman–Crippen LogP) is 1.88. The third-order valence-corrected chi connectivity index (χ3v) is 4.26. The van der Waals surface area contributed by atoms with Crippen LogP contribution in [0, 0.1) is 17.1 Å². The highest BCUT2D eigenvalue weighted by Crippen LogP contribution is 2.20. The number of phenolic OH excluding ortho intramolecular Hbond substituents is 1. The zero-order valence-corrected chi connectivity index (χ0v) is 11.6. The van der Waals surface area contributed by atoms with Crippen molar-refractivity contribution in [3.8, 4) is 11.8 Å². The van der Waals surface area contributed by atoms with Gasteiger partial charge >= 0.3 is 0 Å². The molecule has 0 bridgehead atoms. The summed E-state index contributed by atoms with van der Waals surface area (Å²) in [6, 6.07) is 11.1. The smallest absolute Gasteiger partial charge is 0.242 e. The molecule has 0 amide bonds. The molecule has 0 saturated carbocycles. The number of aromatic hydroxyl groups is 1. The van der Waals surface area contributed by atoms with Gasteiger partial charge in [-0.25, -0.2) is 17.5 Å². The SMILES string of the molecule is N#Cc1c(F)cccc1S(=O)(=O)NCc1ccccc1O. The maximum absolute atomic E-state index is 13.5. The lowest BCUT2D eigenvalue weighted by Crippen LogP contribution is -2.24. The zero-order chi connectivity index (χ0) is 15.5. The first-order valence-electron chi connectivity index (χ1n) is 5.91. The van der Waals surface area contributed by atoms with Gasteiger partial charge in [0.2, 0.25) is 10.0 Å². The van der Waals surface area contributed by atoms with E-state index >= 15 is 0 Å². The lowest BCUT2D eigenvalue weighted by atomic mass is 10.2. The Hall–Kier alpha value is -2.43. The number of para-hydroxylation sites is 1. The van der Waals surface area contributed by atoms with Gasteiger partial charge in [0.05, 0.1) is 0 Å². The van der Waals surface area contributed by atoms with Crippen LogP contribution in [-0.4, -0.2) is 13.5 Å². The summed E-state index contributed by atoms with van der Waals surface area (Å²) >= 11 is 0. The van der Waals surface area contributed by atoms with E-state index < -0.39 is 26.3 Å². The number of halogens is 1. The van der Waals surface area contributed by atoms with Gasteiger partial charge in [-0.05, 0) is 18.2 Å². The maximum atomic E-state index is 13.5. The topological polar surface area (TPSA) is 90.2 Å². The molecular formula is C14H11FN2O3S. The minimum Gasteiger partial charge on any atom is -0.508 e. The van der Waals surface area contributed by atoms with E-state index in [1.807, 2.05) is 0 Å². The third-order valence-electron chi connectivity index (χ3n) is 2.82. The first-order chi connectivity index (χ1) is 9.95. The maximum Gasteiger partial charge on any atom is 0.242 e. The Kier molecular flexibility index (Phi) is 4.21. The Morgan fingerprint density at radius 1 is 1.19 bits per heavy atom. The molecule has 5 nitrogen and oxygen atoms in total. The van der Waals surface area contributed by atoms with E-state index in [1.165, 1.54) is 18.2 Å². The number of nitrogens with one attached hydrogen (secondary N) is 1. The van der Waals surface area contributed by atoms with Gasteiger partial charge in [0.1, 0.15) is 28.1 Å². The molecule has 2 aromatic carbocycles. The van der Waals surface area contributed by atoms with Crippen LogP contribution in [0.25, 0.3) is 0 Å². The summed E-state index contributed by atoms with van der Waals surface area (Å²) in [5.74, 6) is -0.956. The molecule has 0 aliphatic rings. The molecule has 0 radical (unpaired) electrons. The van der Waals surface area contributed by atoms with Crippen LogP contribution in [0.15, 0.2) is 47.4 Å². The van der Waals surface area contributed by atoms with Crippen molar-refractivity contribution >= 4 is 10.0 Å². The van der Waals surface area contributed by atoms with E-state index in [0.717, 1.165) is 12.1 Å². The van der Waals surface area contributed by atoms with Gasteiger partial charge in [-0.3, -0.25) is 0 Å². The van der Waals surface area contributed by atoms with E-state index in [9.17, 15) is 17.9 Å². The molecule has 2 aromatic rings. The van der Waals surface area contributed by atoms with Crippen LogP contribution in [0.4, 0.5) is 4.39 Å². The number of hydrogen-bond donors (Lipinski definition) is 2. The largest absolute Gasteiger partial charge is 0.508 e. The molecule has 108 valence electrons. The van der Waals surface area contributed by atoms with Crippen molar-refractivity contribution in [1.82, 2.24) is 4.72 Å². The summed E-state index contributed by atoms with van der Waals surface area (Å²) in [6.45, 7) is -0.170. The molecule has 2 rings (SSSR count). The van der Waals surface area contributed by atoms with Crippen molar-refractivity contribution in [3.05, 3.63) is 59.4 Å². The van der Waals surface area contributed by atoms with Gasteiger partial charge in [-0.2, -0.15) is 5.26 Å². The highest BCUT2D eigenvalue weighted by Gasteiger charge is 2.21. The van der Waals surface area contributed by atoms with Crippen LogP contribution in [-0.2, 0) is 16.6 Å². The fourth-order valence-corrected chi connectivity index (χ4v) is 2.92. The molecule has 7 heteroatoms. The normalized spacial score (nSPS) is 11.0. The van der Waals surface area contributed by atoms with Crippen LogP contribution in [0.2, 0.25) is 0 Å². The highest BCUT2D eigenvalue weighted by atomic mass is 32.2. The number of phenols is 1. The van der Waals surface area contributed by atoms with Gasteiger partial charge in [0.25, 0.3) is 0 Å². The van der Waals surface area contributed by atoms with Gasteiger partial charge < -0.3 is 5.11 Å². The summed E-state index contributed by atoms with van der Waals surface area (Å²) in [5.41, 5.74) is -0.168. The molecule has 0 atom stereocenters. The van der Waals surface area contributed by atoms with Crippen LogP contribution in [0.1, 0.15) is 11.1 Å². The molecule has 0 fully saturated rings. The predicted molar refractivity (Wildman–Crippen MR) is 73.2 cm³/mol. The molecule has 0 aliphatic heterocycles. The van der Waals surface area contributed by atoms with Crippen molar-refractivity contribution in [2.45, 2.75) is 11.4 Å². The summed E-state index contributed by atoms with van der Waals surface area (Å²) in [4.78, 5) is -0.430. The average molecular weight is 306 g/mol. The van der Waals surface area contributed by atoms with E-state index in [0.29, 0.717) is 5.56 Å². The number of hydrogen-bond acceptors (Lipinski definition) is 4. The van der Waals surface area contributed by atoms with Crippen LogP contribution < -0.4 is 4.72 Å². The Bertz CT molecular complexity index is 813. The third kappa shape index (κ3) is 3.18. The molecule has 0 aromatic heterocycles. The standard InChI is InChI=1S/C14H11FN2O3S/c15-12-5-3-7-14(11(12)8-16)21(19,20)17-9-10-4-1-2-6-13(10)18/h1-7,17-18H,9H2. The van der Waals surface area contributed by atoms with Crippen molar-refractivity contribution in [3.63, 3.8) is 0 Å². The number of sulfonamides is 1. The Morgan fingerprint density at radius 3 is 2.57 bits per heavy atom. The monoisotopic (exact) mass is 306 g/mol. The molecule has 0 saturated heterocycles. The molecule has 2 N–H and O–H groups in total. The van der Waals surface area contributed by atoms with Crippen molar-refractivity contribution < 1.29 is 17.9 Å². The molecule has 0 heterocycles. The molecule has 0 unspecified atom stereocenters. The second kappa shape index (κ2) is 5.91. The summed E-state index contributed by atoms with van der Waals surface area (Å²) in [6.07, 6.45) is 0. The first kappa shape index (κ1) is 15.0. The first-order valence-corrected chi connectivity index (χ1v) is 7.39. The van der Waals surface area contributed by atoms with Crippen LogP contribution >= 0.6 is 0 Å². The summed E-state index contributed by atoms with van der Waals surface area (Å²) < 4.78 is 40.0. The number of nitriles is 1. The van der Waals surface area contributed by atoms with Crippen LogP contribution in [0.5, 0.6) is 5.75 Å². The molecule has 21 heavy (non-hydrogen) atoms. The Morgan fingerprint density at radius 2 is 1.90 bits per heavy atom. The second-order valence-electron chi connectivity index (χ2n) is 4.18. The molecule has 0 spiro atoms.